The van der Waals surface area contributed by atoms with Crippen molar-refractivity contribution >= 4 is 17.5 Å². The molecule has 1 aliphatic heterocycles. The number of anilines is 1. The lowest BCUT2D eigenvalue weighted by molar-refractivity contribution is -0.116. The average Bonchev–Trinajstić information content (AvgIpc) is 2.95. The van der Waals surface area contributed by atoms with Gasteiger partial charge in [0.15, 0.2) is 0 Å². The van der Waals surface area contributed by atoms with Gasteiger partial charge in [-0.15, -0.1) is 0 Å². The normalized spacial score (nSPS) is 16.7. The molecule has 1 fully saturated rings. The second-order valence-electron chi connectivity index (χ2n) is 5.53. The molecule has 0 aromatic heterocycles. The van der Waals surface area contributed by atoms with Crippen LogP contribution in [0.15, 0.2) is 24.3 Å². The predicted octanol–water partition coefficient (Wildman–Crippen LogP) is 1.11. The fourth-order valence-electron chi connectivity index (χ4n) is 2.50. The highest BCUT2D eigenvalue weighted by Crippen LogP contribution is 2.18. The van der Waals surface area contributed by atoms with Gasteiger partial charge in [-0.1, -0.05) is 12.0 Å². The zero-order chi connectivity index (χ0) is 16.1. The standard InChI is InChI=1S/C17H21N3O2/c1-4-6-16(21)18-14-9-10-20(12-14)17(22)13-7-5-8-15(11-13)19(2)3/h5,7-8,11,14H,9-10,12H2,1-3H3,(H,18,21). The zero-order valence-electron chi connectivity index (χ0n) is 13.2. The Balaban J connectivity index is 2.00. The third-order valence-electron chi connectivity index (χ3n) is 3.66. The van der Waals surface area contributed by atoms with Crippen molar-refractivity contribution in [3.05, 3.63) is 29.8 Å². The van der Waals surface area contributed by atoms with Crippen LogP contribution in [-0.4, -0.2) is 49.9 Å². The molecule has 0 bridgehead atoms. The van der Waals surface area contributed by atoms with E-state index in [0.29, 0.717) is 18.7 Å². The SMILES string of the molecule is CC#CC(=O)NC1CCN(C(=O)c2cccc(N(C)C)c2)C1. The van der Waals surface area contributed by atoms with Gasteiger partial charge in [0.25, 0.3) is 11.8 Å². The van der Waals surface area contributed by atoms with Gasteiger partial charge < -0.3 is 15.1 Å². The van der Waals surface area contributed by atoms with Crippen molar-refractivity contribution in [1.29, 1.82) is 0 Å². The largest absolute Gasteiger partial charge is 0.378 e. The molecule has 22 heavy (non-hydrogen) atoms. The lowest BCUT2D eigenvalue weighted by Gasteiger charge is -2.18. The van der Waals surface area contributed by atoms with E-state index in [-0.39, 0.29) is 17.9 Å². The van der Waals surface area contributed by atoms with Crippen LogP contribution in [0.5, 0.6) is 0 Å². The Labute approximate surface area is 131 Å². The van der Waals surface area contributed by atoms with Gasteiger partial charge >= 0.3 is 0 Å². The molecule has 1 unspecified atom stereocenters. The van der Waals surface area contributed by atoms with E-state index in [2.05, 4.69) is 17.2 Å². The summed E-state index contributed by atoms with van der Waals surface area (Å²) < 4.78 is 0. The van der Waals surface area contributed by atoms with E-state index in [0.717, 1.165) is 12.1 Å². The number of hydrogen-bond donors (Lipinski definition) is 1. The van der Waals surface area contributed by atoms with Crippen LogP contribution in [0.2, 0.25) is 0 Å². The number of likely N-dealkylation sites (tertiary alicyclic amines) is 1. The van der Waals surface area contributed by atoms with Gasteiger partial charge in [0.05, 0.1) is 0 Å². The van der Waals surface area contributed by atoms with Gasteiger partial charge in [0.2, 0.25) is 0 Å². The molecule has 2 amide bonds. The van der Waals surface area contributed by atoms with Crippen LogP contribution in [0.1, 0.15) is 23.7 Å². The van der Waals surface area contributed by atoms with Gasteiger partial charge in [-0.25, -0.2) is 0 Å². The van der Waals surface area contributed by atoms with Gasteiger partial charge in [0, 0.05) is 44.5 Å². The second-order valence-corrected chi connectivity index (χ2v) is 5.53. The molecule has 0 radical (unpaired) electrons. The summed E-state index contributed by atoms with van der Waals surface area (Å²) in [5.74, 6) is 4.75. The third-order valence-corrected chi connectivity index (χ3v) is 3.66. The van der Waals surface area contributed by atoms with Crippen molar-refractivity contribution in [2.75, 3.05) is 32.1 Å². The number of rotatable bonds is 3. The van der Waals surface area contributed by atoms with E-state index >= 15 is 0 Å². The molecule has 1 aliphatic rings. The Hall–Kier alpha value is -2.48. The minimum atomic E-state index is -0.281. The van der Waals surface area contributed by atoms with Crippen LogP contribution in [0.4, 0.5) is 5.69 Å². The first-order chi connectivity index (χ1) is 10.5. The monoisotopic (exact) mass is 299 g/mol. The fraction of sp³-hybridized carbons (Fsp3) is 0.412. The molecule has 1 saturated heterocycles. The first kappa shape index (κ1) is 15.9. The lowest BCUT2D eigenvalue weighted by Crippen LogP contribution is -2.37. The molecule has 116 valence electrons. The fourth-order valence-corrected chi connectivity index (χ4v) is 2.50. The predicted molar refractivity (Wildman–Crippen MR) is 86.7 cm³/mol. The highest BCUT2D eigenvalue weighted by atomic mass is 16.2. The highest BCUT2D eigenvalue weighted by Gasteiger charge is 2.27. The van der Waals surface area contributed by atoms with E-state index in [1.165, 1.54) is 0 Å². The summed E-state index contributed by atoms with van der Waals surface area (Å²) in [7, 11) is 3.89. The highest BCUT2D eigenvalue weighted by molar-refractivity contribution is 5.96. The van der Waals surface area contributed by atoms with Crippen molar-refractivity contribution < 1.29 is 9.59 Å². The lowest BCUT2D eigenvalue weighted by atomic mass is 10.1. The molecular formula is C17H21N3O2. The number of carbonyl (C=O) groups is 2. The molecule has 1 atom stereocenters. The molecular weight excluding hydrogens is 278 g/mol. The summed E-state index contributed by atoms with van der Waals surface area (Å²) in [4.78, 5) is 27.8. The summed E-state index contributed by atoms with van der Waals surface area (Å²) in [6.07, 6.45) is 0.760. The molecule has 0 aliphatic carbocycles. The van der Waals surface area contributed by atoms with E-state index in [1.54, 1.807) is 11.8 Å². The summed E-state index contributed by atoms with van der Waals surface area (Å²) >= 11 is 0. The number of hydrogen-bond acceptors (Lipinski definition) is 3. The van der Waals surface area contributed by atoms with E-state index in [9.17, 15) is 9.59 Å². The van der Waals surface area contributed by atoms with Crippen molar-refractivity contribution in [2.45, 2.75) is 19.4 Å². The summed E-state index contributed by atoms with van der Waals surface area (Å²) in [6.45, 7) is 2.81. The van der Waals surface area contributed by atoms with Gasteiger partial charge in [-0.2, -0.15) is 0 Å². The van der Waals surface area contributed by atoms with Crippen LogP contribution in [0, 0.1) is 11.8 Å². The molecule has 5 heteroatoms. The van der Waals surface area contributed by atoms with E-state index in [4.69, 9.17) is 0 Å². The minimum Gasteiger partial charge on any atom is -0.378 e. The molecule has 1 aromatic carbocycles. The van der Waals surface area contributed by atoms with Crippen LogP contribution < -0.4 is 10.2 Å². The number of benzene rings is 1. The van der Waals surface area contributed by atoms with Crippen molar-refractivity contribution in [3.8, 4) is 11.8 Å². The molecule has 2 rings (SSSR count). The molecule has 1 aromatic rings. The number of carbonyl (C=O) groups excluding carboxylic acids is 2. The summed E-state index contributed by atoms with van der Waals surface area (Å²) in [6, 6.07) is 7.54. The number of amides is 2. The quantitative estimate of drug-likeness (QED) is 0.851. The molecule has 1 N–H and O–H groups in total. The summed E-state index contributed by atoms with van der Waals surface area (Å²) in [5.41, 5.74) is 1.67. The molecule has 5 nitrogen and oxygen atoms in total. The topological polar surface area (TPSA) is 52.7 Å². The Morgan fingerprint density at radius 3 is 2.82 bits per heavy atom. The number of nitrogens with zero attached hydrogens (tertiary/aromatic N) is 2. The molecule has 0 spiro atoms. The number of nitrogens with one attached hydrogen (secondary N) is 1. The van der Waals surface area contributed by atoms with Crippen molar-refractivity contribution in [1.82, 2.24) is 10.2 Å². The van der Waals surface area contributed by atoms with Crippen molar-refractivity contribution in [2.24, 2.45) is 0 Å². The van der Waals surface area contributed by atoms with Crippen LogP contribution in [-0.2, 0) is 4.79 Å². The first-order valence-electron chi connectivity index (χ1n) is 7.31. The Morgan fingerprint density at radius 2 is 2.14 bits per heavy atom. The van der Waals surface area contributed by atoms with E-state index in [1.807, 2.05) is 43.3 Å². The maximum atomic E-state index is 12.5. The molecule has 1 heterocycles. The van der Waals surface area contributed by atoms with E-state index < -0.39 is 0 Å². The Kier molecular flexibility index (Phi) is 5.05. The minimum absolute atomic E-state index is 0.00187. The maximum Gasteiger partial charge on any atom is 0.296 e. The Bertz CT molecular complexity index is 628. The molecule has 0 saturated carbocycles. The smallest absolute Gasteiger partial charge is 0.296 e. The summed E-state index contributed by atoms with van der Waals surface area (Å²) in [5, 5.41) is 2.83. The zero-order valence-corrected chi connectivity index (χ0v) is 13.2. The maximum absolute atomic E-state index is 12.5. The third kappa shape index (κ3) is 3.79. The van der Waals surface area contributed by atoms with Gasteiger partial charge in [0.1, 0.15) is 0 Å². The van der Waals surface area contributed by atoms with Gasteiger partial charge in [-0.05, 0) is 37.5 Å². The first-order valence-corrected chi connectivity index (χ1v) is 7.31. The van der Waals surface area contributed by atoms with Crippen LogP contribution in [0.25, 0.3) is 0 Å². The van der Waals surface area contributed by atoms with Crippen LogP contribution in [0.3, 0.4) is 0 Å². The average molecular weight is 299 g/mol. The Morgan fingerprint density at radius 1 is 1.36 bits per heavy atom. The van der Waals surface area contributed by atoms with Crippen molar-refractivity contribution in [3.63, 3.8) is 0 Å². The van der Waals surface area contributed by atoms with Crippen LogP contribution >= 0.6 is 0 Å². The second kappa shape index (κ2) is 6.99. The van der Waals surface area contributed by atoms with Gasteiger partial charge in [-0.3, -0.25) is 9.59 Å².